The van der Waals surface area contributed by atoms with Crippen molar-refractivity contribution in [2.45, 2.75) is 6.92 Å². The summed E-state index contributed by atoms with van der Waals surface area (Å²) in [5.74, 6) is 1.18. The third-order valence-corrected chi connectivity index (χ3v) is 2.15. The summed E-state index contributed by atoms with van der Waals surface area (Å²) >= 11 is 0. The van der Waals surface area contributed by atoms with E-state index in [1.165, 1.54) is 4.63 Å². The lowest BCUT2D eigenvalue weighted by Gasteiger charge is -2.11. The number of tetrazole rings is 1. The Kier molecular flexibility index (Phi) is 3.25. The van der Waals surface area contributed by atoms with Crippen LogP contribution in [0.15, 0.2) is 12.1 Å². The average molecular weight is 222 g/mol. The molecule has 0 aliphatic heterocycles. The normalized spacial score (nSPS) is 12.9. The van der Waals surface area contributed by atoms with E-state index in [9.17, 15) is 0 Å². The molecule has 0 saturated heterocycles. The highest BCUT2D eigenvalue weighted by molar-refractivity contribution is 5.41. The third kappa shape index (κ3) is 2.43. The first kappa shape index (κ1) is 10.7. The van der Waals surface area contributed by atoms with Gasteiger partial charge in [0.2, 0.25) is 0 Å². The van der Waals surface area contributed by atoms with Gasteiger partial charge in [-0.1, -0.05) is 6.92 Å². The van der Waals surface area contributed by atoms with Gasteiger partial charge in [0.15, 0.2) is 5.65 Å². The van der Waals surface area contributed by atoms with Crippen LogP contribution in [0.25, 0.3) is 5.65 Å². The second-order valence-electron chi connectivity index (χ2n) is 3.69. The number of ether oxygens (including phenoxy) is 1. The Balaban J connectivity index is 1.98. The van der Waals surface area contributed by atoms with Crippen molar-refractivity contribution in [2.24, 2.45) is 5.92 Å². The second-order valence-corrected chi connectivity index (χ2v) is 3.69. The van der Waals surface area contributed by atoms with Crippen molar-refractivity contribution in [1.29, 1.82) is 0 Å². The van der Waals surface area contributed by atoms with Gasteiger partial charge in [0, 0.05) is 13.7 Å². The number of hydrogen-bond donors (Lipinski definition) is 1. The van der Waals surface area contributed by atoms with Gasteiger partial charge < -0.3 is 10.1 Å². The Morgan fingerprint density at radius 1 is 1.50 bits per heavy atom. The highest BCUT2D eigenvalue weighted by Gasteiger charge is 2.03. The minimum atomic E-state index is 0.427. The number of nitrogens with one attached hydrogen (secondary N) is 1. The molecule has 2 rings (SSSR count). The van der Waals surface area contributed by atoms with Crippen molar-refractivity contribution in [1.82, 2.24) is 25.3 Å². The summed E-state index contributed by atoms with van der Waals surface area (Å²) < 4.78 is 6.44. The Hall–Kier alpha value is -1.76. The summed E-state index contributed by atoms with van der Waals surface area (Å²) in [4.78, 5) is 0. The van der Waals surface area contributed by atoms with Crippen LogP contribution in [-0.4, -0.2) is 45.5 Å². The van der Waals surface area contributed by atoms with E-state index < -0.39 is 0 Å². The van der Waals surface area contributed by atoms with Crippen molar-refractivity contribution in [3.63, 3.8) is 0 Å². The molecular weight excluding hydrogens is 208 g/mol. The monoisotopic (exact) mass is 222 g/mol. The van der Waals surface area contributed by atoms with Crippen LogP contribution in [0.1, 0.15) is 6.92 Å². The number of rotatable bonds is 5. The first-order chi connectivity index (χ1) is 7.79. The van der Waals surface area contributed by atoms with Gasteiger partial charge in [-0.25, -0.2) is 0 Å². The van der Waals surface area contributed by atoms with Crippen LogP contribution in [0, 0.1) is 5.92 Å². The minimum absolute atomic E-state index is 0.427. The smallest absolute Gasteiger partial charge is 0.200 e. The van der Waals surface area contributed by atoms with E-state index in [0.717, 1.165) is 19.0 Å². The summed E-state index contributed by atoms with van der Waals surface area (Å²) in [7, 11) is 1.70. The van der Waals surface area contributed by atoms with E-state index in [4.69, 9.17) is 4.74 Å². The number of aromatic nitrogens is 5. The number of methoxy groups -OCH3 is 1. The fourth-order valence-electron chi connectivity index (χ4n) is 1.37. The summed E-state index contributed by atoms with van der Waals surface area (Å²) in [6.45, 7) is 3.63. The van der Waals surface area contributed by atoms with Crippen LogP contribution in [-0.2, 0) is 4.74 Å². The van der Waals surface area contributed by atoms with Crippen LogP contribution in [0.5, 0.6) is 0 Å². The number of anilines is 1. The number of fused-ring (bicyclic) bond motifs is 1. The molecule has 7 heteroatoms. The number of hydrogen-bond acceptors (Lipinski definition) is 6. The predicted octanol–water partition coefficient (Wildman–Crippen LogP) is 0.214. The fraction of sp³-hybridized carbons (Fsp3) is 0.556. The van der Waals surface area contributed by atoms with Crippen molar-refractivity contribution in [3.8, 4) is 0 Å². The van der Waals surface area contributed by atoms with Crippen LogP contribution in [0.2, 0.25) is 0 Å². The molecule has 0 spiro atoms. The Morgan fingerprint density at radius 2 is 2.38 bits per heavy atom. The van der Waals surface area contributed by atoms with Crippen molar-refractivity contribution in [2.75, 3.05) is 25.6 Å². The van der Waals surface area contributed by atoms with Crippen molar-refractivity contribution >= 4 is 11.5 Å². The maximum atomic E-state index is 5.05. The summed E-state index contributed by atoms with van der Waals surface area (Å²) in [5.41, 5.74) is 0.635. The molecule has 2 aromatic heterocycles. The molecule has 0 saturated carbocycles. The zero-order chi connectivity index (χ0) is 11.4. The largest absolute Gasteiger partial charge is 0.384 e. The molecule has 0 radical (unpaired) electrons. The van der Waals surface area contributed by atoms with Crippen LogP contribution in [0.3, 0.4) is 0 Å². The van der Waals surface area contributed by atoms with E-state index in [0.29, 0.717) is 11.6 Å². The van der Waals surface area contributed by atoms with E-state index in [1.807, 2.05) is 12.1 Å². The zero-order valence-electron chi connectivity index (χ0n) is 9.29. The van der Waals surface area contributed by atoms with Gasteiger partial charge in [-0.3, -0.25) is 0 Å². The Bertz CT molecular complexity index is 456. The molecule has 0 aromatic carbocycles. The molecule has 7 nitrogen and oxygen atoms in total. The molecule has 0 bridgehead atoms. The molecule has 1 atom stereocenters. The van der Waals surface area contributed by atoms with Crippen molar-refractivity contribution < 1.29 is 4.74 Å². The quantitative estimate of drug-likeness (QED) is 0.779. The fourth-order valence-corrected chi connectivity index (χ4v) is 1.37. The molecule has 2 heterocycles. The molecule has 0 amide bonds. The van der Waals surface area contributed by atoms with E-state index in [2.05, 4.69) is 32.9 Å². The van der Waals surface area contributed by atoms with Crippen LogP contribution >= 0.6 is 0 Å². The molecule has 1 unspecified atom stereocenters. The molecule has 86 valence electrons. The standard InChI is InChI=1S/C9H14N6O/c1-7(6-16-2)5-10-8-3-4-9-11-13-14-15(9)12-8/h3-4,7H,5-6H2,1-2H3,(H,10,12). The van der Waals surface area contributed by atoms with Gasteiger partial charge in [-0.15, -0.1) is 14.8 Å². The summed E-state index contributed by atoms with van der Waals surface area (Å²) in [6, 6.07) is 3.67. The first-order valence-electron chi connectivity index (χ1n) is 5.08. The van der Waals surface area contributed by atoms with Gasteiger partial charge in [-0.05, 0) is 28.5 Å². The molecule has 1 N–H and O–H groups in total. The first-order valence-corrected chi connectivity index (χ1v) is 5.08. The zero-order valence-corrected chi connectivity index (χ0v) is 9.29. The molecule has 2 aromatic rings. The SMILES string of the molecule is COCC(C)CNc1ccc2nnnn2n1. The highest BCUT2D eigenvalue weighted by Crippen LogP contribution is 2.04. The highest BCUT2D eigenvalue weighted by atomic mass is 16.5. The maximum absolute atomic E-state index is 5.05. The average Bonchev–Trinajstić information content (AvgIpc) is 2.74. The topological polar surface area (TPSA) is 77.2 Å². The lowest BCUT2D eigenvalue weighted by molar-refractivity contribution is 0.164. The van der Waals surface area contributed by atoms with E-state index >= 15 is 0 Å². The van der Waals surface area contributed by atoms with E-state index in [1.54, 1.807) is 7.11 Å². The van der Waals surface area contributed by atoms with Crippen LogP contribution in [0.4, 0.5) is 5.82 Å². The van der Waals surface area contributed by atoms with Gasteiger partial charge in [0.25, 0.3) is 0 Å². The lowest BCUT2D eigenvalue weighted by atomic mass is 10.2. The number of nitrogens with zero attached hydrogens (tertiary/aromatic N) is 5. The summed E-state index contributed by atoms with van der Waals surface area (Å²) in [5, 5.41) is 18.4. The second kappa shape index (κ2) is 4.84. The van der Waals surface area contributed by atoms with Gasteiger partial charge in [-0.2, -0.15) is 0 Å². The van der Waals surface area contributed by atoms with Crippen molar-refractivity contribution in [3.05, 3.63) is 12.1 Å². The minimum Gasteiger partial charge on any atom is -0.384 e. The molecule has 0 aliphatic carbocycles. The molecular formula is C9H14N6O. The molecule has 16 heavy (non-hydrogen) atoms. The Labute approximate surface area is 92.8 Å². The molecule has 0 fully saturated rings. The van der Waals surface area contributed by atoms with E-state index in [-0.39, 0.29) is 0 Å². The van der Waals surface area contributed by atoms with Gasteiger partial charge in [0.1, 0.15) is 5.82 Å². The maximum Gasteiger partial charge on any atom is 0.200 e. The Morgan fingerprint density at radius 3 is 3.19 bits per heavy atom. The third-order valence-electron chi connectivity index (χ3n) is 2.15. The van der Waals surface area contributed by atoms with Crippen LogP contribution < -0.4 is 5.32 Å². The van der Waals surface area contributed by atoms with Gasteiger partial charge >= 0.3 is 0 Å². The molecule has 0 aliphatic rings. The van der Waals surface area contributed by atoms with Gasteiger partial charge in [0.05, 0.1) is 6.61 Å². The lowest BCUT2D eigenvalue weighted by Crippen LogP contribution is -2.17. The predicted molar refractivity (Wildman–Crippen MR) is 58.1 cm³/mol. The summed E-state index contributed by atoms with van der Waals surface area (Å²) in [6.07, 6.45) is 0.